The van der Waals surface area contributed by atoms with Gasteiger partial charge in [-0.1, -0.05) is 26.7 Å². The van der Waals surface area contributed by atoms with E-state index in [-0.39, 0.29) is 11.8 Å². The normalized spacial score (nSPS) is 10.8. The van der Waals surface area contributed by atoms with Crippen molar-refractivity contribution in [1.82, 2.24) is 9.78 Å². The molecule has 26 heavy (non-hydrogen) atoms. The van der Waals surface area contributed by atoms with Gasteiger partial charge < -0.3 is 5.32 Å². The summed E-state index contributed by atoms with van der Waals surface area (Å²) in [6, 6.07) is 7.00. The van der Waals surface area contributed by atoms with E-state index in [0.717, 1.165) is 43.5 Å². The van der Waals surface area contributed by atoms with Gasteiger partial charge in [0.1, 0.15) is 0 Å². The van der Waals surface area contributed by atoms with Gasteiger partial charge in [-0.15, -0.1) is 0 Å². The molecular weight excluding hydrogens is 326 g/mol. The summed E-state index contributed by atoms with van der Waals surface area (Å²) in [4.78, 5) is 24.6. The highest BCUT2D eigenvalue weighted by molar-refractivity contribution is 5.97. The summed E-state index contributed by atoms with van der Waals surface area (Å²) in [5, 5.41) is 7.30. The Balaban J connectivity index is 2.12. The van der Waals surface area contributed by atoms with Crippen LogP contribution in [0.25, 0.3) is 0 Å². The molecule has 0 fully saturated rings. The second-order valence-electron chi connectivity index (χ2n) is 6.70. The van der Waals surface area contributed by atoms with Crippen molar-refractivity contribution in [3.8, 4) is 0 Å². The minimum atomic E-state index is -0.141. The van der Waals surface area contributed by atoms with Crippen molar-refractivity contribution in [2.45, 2.75) is 66.2 Å². The van der Waals surface area contributed by atoms with E-state index in [1.54, 1.807) is 24.3 Å². The molecule has 5 nitrogen and oxygen atoms in total. The lowest BCUT2D eigenvalue weighted by atomic mass is 10.1. The zero-order valence-corrected chi connectivity index (χ0v) is 16.3. The Bertz CT molecular complexity index is 760. The van der Waals surface area contributed by atoms with Crippen molar-refractivity contribution in [1.29, 1.82) is 0 Å². The number of nitrogens with one attached hydrogen (secondary N) is 1. The van der Waals surface area contributed by atoms with Crippen LogP contribution >= 0.6 is 0 Å². The molecular formula is C21H29N3O2. The van der Waals surface area contributed by atoms with Gasteiger partial charge in [0, 0.05) is 23.4 Å². The summed E-state index contributed by atoms with van der Waals surface area (Å²) in [6.07, 6.45) is 5.54. The molecule has 5 heteroatoms. The van der Waals surface area contributed by atoms with Gasteiger partial charge in [0.25, 0.3) is 5.91 Å². The van der Waals surface area contributed by atoms with E-state index in [0.29, 0.717) is 17.7 Å². The molecule has 140 valence electrons. The summed E-state index contributed by atoms with van der Waals surface area (Å²) in [5.74, 6) is -0.137. The summed E-state index contributed by atoms with van der Waals surface area (Å²) >= 11 is 0. The average Bonchev–Trinajstić information content (AvgIpc) is 2.92. The van der Waals surface area contributed by atoms with E-state index in [9.17, 15) is 9.59 Å². The summed E-state index contributed by atoms with van der Waals surface area (Å²) in [5.41, 5.74) is 4.27. The van der Waals surface area contributed by atoms with Crippen LogP contribution in [-0.4, -0.2) is 21.6 Å². The average molecular weight is 355 g/mol. The molecule has 0 saturated carbocycles. The van der Waals surface area contributed by atoms with E-state index in [1.165, 1.54) is 10.2 Å². The number of nitrogens with zero attached hydrogens (tertiary/aromatic N) is 2. The zero-order valence-electron chi connectivity index (χ0n) is 16.3. The van der Waals surface area contributed by atoms with Crippen LogP contribution in [0.3, 0.4) is 0 Å². The molecule has 0 saturated heterocycles. The zero-order chi connectivity index (χ0) is 19.1. The molecule has 0 radical (unpaired) electrons. The standard InChI is InChI=1S/C21H29N3O2/c1-5-7-9-19-15(3)23-24(16(19)4)21(26)17-11-13-18(14-12-17)22-20(25)10-8-6-2/h11-14H,5-10H2,1-4H3,(H,22,25). The molecule has 1 heterocycles. The van der Waals surface area contributed by atoms with Gasteiger partial charge in [0.05, 0.1) is 5.69 Å². The third kappa shape index (κ3) is 4.81. The number of hydrogen-bond donors (Lipinski definition) is 1. The van der Waals surface area contributed by atoms with Gasteiger partial charge in [0.2, 0.25) is 5.91 Å². The molecule has 1 N–H and O–H groups in total. The highest BCUT2D eigenvalue weighted by atomic mass is 16.2. The van der Waals surface area contributed by atoms with Crippen LogP contribution in [0.4, 0.5) is 5.69 Å². The maximum atomic E-state index is 12.8. The van der Waals surface area contributed by atoms with Crippen LogP contribution in [0.1, 0.15) is 73.3 Å². The predicted octanol–water partition coefficient (Wildman–Crippen LogP) is 4.66. The van der Waals surface area contributed by atoms with E-state index >= 15 is 0 Å². The van der Waals surface area contributed by atoms with Gasteiger partial charge in [-0.3, -0.25) is 9.59 Å². The molecule has 0 atom stereocenters. The van der Waals surface area contributed by atoms with Gasteiger partial charge in [-0.2, -0.15) is 5.10 Å². The number of benzene rings is 1. The van der Waals surface area contributed by atoms with Crippen molar-refractivity contribution in [2.24, 2.45) is 0 Å². The number of carbonyl (C=O) groups excluding carboxylic acids is 2. The Morgan fingerprint density at radius 3 is 2.31 bits per heavy atom. The lowest BCUT2D eigenvalue weighted by Crippen LogP contribution is -2.16. The molecule has 2 aromatic rings. The van der Waals surface area contributed by atoms with E-state index in [4.69, 9.17) is 0 Å². The Morgan fingerprint density at radius 1 is 1.04 bits per heavy atom. The lowest BCUT2D eigenvalue weighted by Gasteiger charge is -2.07. The summed E-state index contributed by atoms with van der Waals surface area (Å²) < 4.78 is 1.50. The first-order valence-corrected chi connectivity index (χ1v) is 9.47. The Kier molecular flexibility index (Phi) is 7.13. The van der Waals surface area contributed by atoms with Crippen molar-refractivity contribution in [2.75, 3.05) is 5.32 Å². The number of anilines is 1. The molecule has 2 rings (SSSR count). The predicted molar refractivity (Wildman–Crippen MR) is 105 cm³/mol. The van der Waals surface area contributed by atoms with Crippen molar-refractivity contribution in [3.05, 3.63) is 46.8 Å². The fourth-order valence-electron chi connectivity index (χ4n) is 2.97. The van der Waals surface area contributed by atoms with Gasteiger partial charge >= 0.3 is 0 Å². The number of hydrogen-bond acceptors (Lipinski definition) is 3. The first-order valence-electron chi connectivity index (χ1n) is 9.47. The number of amides is 1. The number of unbranched alkanes of at least 4 members (excludes halogenated alkanes) is 2. The summed E-state index contributed by atoms with van der Waals surface area (Å²) in [7, 11) is 0. The Morgan fingerprint density at radius 2 is 1.69 bits per heavy atom. The van der Waals surface area contributed by atoms with Crippen LogP contribution in [0.15, 0.2) is 24.3 Å². The van der Waals surface area contributed by atoms with E-state index in [1.807, 2.05) is 13.8 Å². The van der Waals surface area contributed by atoms with Crippen molar-refractivity contribution >= 4 is 17.5 Å². The second kappa shape index (κ2) is 9.32. The maximum Gasteiger partial charge on any atom is 0.278 e. The van der Waals surface area contributed by atoms with Gasteiger partial charge in [-0.05, 0) is 62.9 Å². The SMILES string of the molecule is CCCCC(=O)Nc1ccc(C(=O)n2nc(C)c(CCCC)c2C)cc1. The first-order chi connectivity index (χ1) is 12.5. The van der Waals surface area contributed by atoms with Crippen LogP contribution in [0, 0.1) is 13.8 Å². The minimum absolute atomic E-state index is 0.00466. The Hall–Kier alpha value is -2.43. The van der Waals surface area contributed by atoms with Crippen LogP contribution in [0.2, 0.25) is 0 Å². The first kappa shape index (κ1) is 19.9. The monoisotopic (exact) mass is 355 g/mol. The molecule has 1 aromatic heterocycles. The van der Waals surface area contributed by atoms with Crippen LogP contribution < -0.4 is 5.32 Å². The fraction of sp³-hybridized carbons (Fsp3) is 0.476. The highest BCUT2D eigenvalue weighted by Crippen LogP contribution is 2.18. The second-order valence-corrected chi connectivity index (χ2v) is 6.70. The largest absolute Gasteiger partial charge is 0.326 e. The van der Waals surface area contributed by atoms with Crippen molar-refractivity contribution in [3.63, 3.8) is 0 Å². The quantitative estimate of drug-likeness (QED) is 0.749. The molecule has 0 aliphatic carbocycles. The number of aromatic nitrogens is 2. The topological polar surface area (TPSA) is 64.0 Å². The molecule has 0 aliphatic rings. The van der Waals surface area contributed by atoms with Gasteiger partial charge in [-0.25, -0.2) is 4.68 Å². The van der Waals surface area contributed by atoms with Crippen LogP contribution in [-0.2, 0) is 11.2 Å². The number of rotatable bonds is 8. The Labute approximate surface area is 155 Å². The van der Waals surface area contributed by atoms with E-state index < -0.39 is 0 Å². The molecule has 0 bridgehead atoms. The third-order valence-electron chi connectivity index (χ3n) is 4.59. The number of carbonyl (C=O) groups is 2. The molecule has 0 unspecified atom stereocenters. The molecule has 1 aromatic carbocycles. The smallest absolute Gasteiger partial charge is 0.278 e. The lowest BCUT2D eigenvalue weighted by molar-refractivity contribution is -0.116. The fourth-order valence-corrected chi connectivity index (χ4v) is 2.97. The van der Waals surface area contributed by atoms with E-state index in [2.05, 4.69) is 24.3 Å². The molecule has 1 amide bonds. The minimum Gasteiger partial charge on any atom is -0.326 e. The summed E-state index contributed by atoms with van der Waals surface area (Å²) in [6.45, 7) is 8.12. The van der Waals surface area contributed by atoms with Crippen molar-refractivity contribution < 1.29 is 9.59 Å². The van der Waals surface area contributed by atoms with Crippen LogP contribution in [0.5, 0.6) is 0 Å². The maximum absolute atomic E-state index is 12.8. The third-order valence-corrected chi connectivity index (χ3v) is 4.59. The number of aryl methyl sites for hydroxylation is 1. The molecule has 0 spiro atoms. The highest BCUT2D eigenvalue weighted by Gasteiger charge is 2.17. The molecule has 0 aliphatic heterocycles. The van der Waals surface area contributed by atoms with Gasteiger partial charge in [0.15, 0.2) is 0 Å².